The number of benzene rings is 2. The molecular formula is C41H50N2O2. The summed E-state index contributed by atoms with van der Waals surface area (Å²) >= 11 is 0. The van der Waals surface area contributed by atoms with Gasteiger partial charge in [0, 0.05) is 29.1 Å². The van der Waals surface area contributed by atoms with Gasteiger partial charge in [0.25, 0.3) is 0 Å². The van der Waals surface area contributed by atoms with Crippen LogP contribution >= 0.6 is 0 Å². The van der Waals surface area contributed by atoms with Gasteiger partial charge in [-0.3, -0.25) is 9.59 Å². The topological polar surface area (TPSA) is 58.2 Å². The summed E-state index contributed by atoms with van der Waals surface area (Å²) < 4.78 is 0. The number of anilines is 3. The Morgan fingerprint density at radius 3 is 2.33 bits per heavy atom. The number of hydrogen-bond acceptors (Lipinski definition) is 4. The molecule has 4 nitrogen and oxygen atoms in total. The highest BCUT2D eigenvalue weighted by Gasteiger charge is 2.35. The third kappa shape index (κ3) is 9.08. The van der Waals surface area contributed by atoms with Crippen molar-refractivity contribution in [3.8, 4) is 12.8 Å². The third-order valence-corrected chi connectivity index (χ3v) is 8.08. The standard InChI is InChI=1S/C39H48N2O2.C2H2/c1-6-9-15-28(25-27(4)5)17-14-24-40-34-22-23-35(41-33-21-20-29(16-10-7-2)26-30(33)8-3)37-36(34)38(42)31-18-12-11-13-19-32(31)39(37)43;1-2/h11-14,17,19-23,25-27,40-41H,6-10,15-16,18,24H2,1-5H3;1-2H/b17-14-,28-25-;. The average molecular weight is 603 g/mol. The largest absolute Gasteiger partial charge is 0.381 e. The molecule has 0 bridgehead atoms. The van der Waals surface area contributed by atoms with E-state index in [9.17, 15) is 9.59 Å². The number of terminal acetylenes is 1. The summed E-state index contributed by atoms with van der Waals surface area (Å²) in [7, 11) is 0. The Hall–Kier alpha value is -4.36. The quantitative estimate of drug-likeness (QED) is 0.167. The van der Waals surface area contributed by atoms with Crippen molar-refractivity contribution in [2.24, 2.45) is 5.92 Å². The highest BCUT2D eigenvalue weighted by atomic mass is 16.1. The van der Waals surface area contributed by atoms with Gasteiger partial charge < -0.3 is 10.6 Å². The molecule has 0 saturated carbocycles. The molecule has 0 aliphatic heterocycles. The summed E-state index contributed by atoms with van der Waals surface area (Å²) in [4.78, 5) is 28.1. The second-order valence-electron chi connectivity index (χ2n) is 11.9. The minimum atomic E-state index is -0.106. The van der Waals surface area contributed by atoms with E-state index >= 15 is 0 Å². The van der Waals surface area contributed by atoms with E-state index < -0.39 is 0 Å². The Kier molecular flexibility index (Phi) is 13.9. The number of carbonyl (C=O) groups is 2. The molecule has 0 fully saturated rings. The lowest BCUT2D eigenvalue weighted by Crippen LogP contribution is -2.24. The van der Waals surface area contributed by atoms with E-state index in [2.05, 4.69) is 94.5 Å². The minimum absolute atomic E-state index is 0.0788. The molecule has 2 aliphatic carbocycles. The molecule has 4 heteroatoms. The Balaban J connectivity index is 0.00000271. The monoisotopic (exact) mass is 602 g/mol. The maximum absolute atomic E-state index is 14.1. The van der Waals surface area contributed by atoms with Gasteiger partial charge in [-0.15, -0.1) is 12.8 Å². The fourth-order valence-electron chi connectivity index (χ4n) is 5.82. The number of allylic oxidation sites excluding steroid dienone is 9. The fourth-order valence-corrected chi connectivity index (χ4v) is 5.82. The maximum Gasteiger partial charge on any atom is 0.196 e. The first-order valence-electron chi connectivity index (χ1n) is 16.5. The van der Waals surface area contributed by atoms with Crippen molar-refractivity contribution in [2.45, 2.75) is 86.0 Å². The number of aryl methyl sites for hydroxylation is 2. The van der Waals surface area contributed by atoms with E-state index in [1.165, 1.54) is 16.7 Å². The van der Waals surface area contributed by atoms with Crippen molar-refractivity contribution in [1.82, 2.24) is 0 Å². The highest BCUT2D eigenvalue weighted by molar-refractivity contribution is 6.31. The Labute approximate surface area is 271 Å². The van der Waals surface area contributed by atoms with Gasteiger partial charge >= 0.3 is 0 Å². The van der Waals surface area contributed by atoms with Crippen molar-refractivity contribution in [2.75, 3.05) is 17.2 Å². The van der Waals surface area contributed by atoms with Crippen LogP contribution < -0.4 is 10.6 Å². The first-order valence-corrected chi connectivity index (χ1v) is 16.5. The predicted octanol–water partition coefficient (Wildman–Crippen LogP) is 10.5. The molecule has 0 aromatic heterocycles. The van der Waals surface area contributed by atoms with Gasteiger partial charge in [-0.1, -0.05) is 108 Å². The Bertz CT molecular complexity index is 1530. The number of unbranched alkanes of at least 4 members (excludes halogenated alkanes) is 2. The number of carbonyl (C=O) groups excluding carboxylic acids is 2. The number of Topliss-reactive ketones (excluding diaryl/α,β-unsaturated/α-hetero) is 2. The summed E-state index contributed by atoms with van der Waals surface area (Å²) in [6.45, 7) is 11.5. The predicted molar refractivity (Wildman–Crippen MR) is 193 cm³/mol. The van der Waals surface area contributed by atoms with Crippen LogP contribution in [0.15, 0.2) is 89.6 Å². The van der Waals surface area contributed by atoms with Crippen LogP contribution in [0.3, 0.4) is 0 Å². The minimum Gasteiger partial charge on any atom is -0.381 e. The second-order valence-corrected chi connectivity index (χ2v) is 11.9. The Morgan fingerprint density at radius 2 is 1.62 bits per heavy atom. The molecule has 2 aliphatic rings. The Morgan fingerprint density at radius 1 is 0.911 bits per heavy atom. The number of rotatable bonds is 14. The smallest absolute Gasteiger partial charge is 0.196 e. The molecule has 2 aromatic rings. The molecule has 0 radical (unpaired) electrons. The molecule has 0 heterocycles. The molecular weight excluding hydrogens is 552 g/mol. The normalized spacial score (nSPS) is 14.3. The van der Waals surface area contributed by atoms with E-state index in [1.54, 1.807) is 6.08 Å². The first-order chi connectivity index (χ1) is 21.9. The zero-order valence-corrected chi connectivity index (χ0v) is 27.8. The molecule has 0 saturated heterocycles. The van der Waals surface area contributed by atoms with Crippen molar-refractivity contribution < 1.29 is 9.59 Å². The van der Waals surface area contributed by atoms with E-state index in [1.807, 2.05) is 30.4 Å². The van der Waals surface area contributed by atoms with Crippen molar-refractivity contribution in [1.29, 1.82) is 0 Å². The van der Waals surface area contributed by atoms with Crippen LogP contribution in [0.1, 0.15) is 105 Å². The van der Waals surface area contributed by atoms with Gasteiger partial charge in [0.15, 0.2) is 11.6 Å². The van der Waals surface area contributed by atoms with Crippen LogP contribution in [-0.4, -0.2) is 18.1 Å². The van der Waals surface area contributed by atoms with Crippen LogP contribution in [0.25, 0.3) is 0 Å². The lowest BCUT2D eigenvalue weighted by atomic mass is 9.81. The van der Waals surface area contributed by atoms with Gasteiger partial charge in [0.05, 0.1) is 16.8 Å². The molecule has 2 aromatic carbocycles. The van der Waals surface area contributed by atoms with Crippen molar-refractivity contribution >= 4 is 28.6 Å². The molecule has 45 heavy (non-hydrogen) atoms. The van der Waals surface area contributed by atoms with Gasteiger partial charge in [-0.05, 0) is 73.8 Å². The summed E-state index contributed by atoms with van der Waals surface area (Å²) in [5, 5.41) is 7.03. The van der Waals surface area contributed by atoms with E-state index in [-0.39, 0.29) is 11.6 Å². The number of nitrogens with one attached hydrogen (secondary N) is 2. The molecule has 2 N–H and O–H groups in total. The number of hydrogen-bond donors (Lipinski definition) is 2. The van der Waals surface area contributed by atoms with Gasteiger partial charge in [-0.2, -0.15) is 0 Å². The lowest BCUT2D eigenvalue weighted by molar-refractivity contribution is 0.0977. The summed E-state index contributed by atoms with van der Waals surface area (Å²) in [5.74, 6) is 0.307. The SMILES string of the molecule is C#C.CCCCC(/C=C\CNc1ccc(Nc2ccc(CCCC)cc2CC)c2c1C(=O)C1=C(C=CC=CC1)C2=O)=C/C(C)C. The average Bonchev–Trinajstić information content (AvgIpc) is 3.31. The molecule has 0 atom stereocenters. The van der Waals surface area contributed by atoms with Crippen molar-refractivity contribution in [3.63, 3.8) is 0 Å². The first kappa shape index (κ1) is 35.1. The van der Waals surface area contributed by atoms with Gasteiger partial charge in [0.2, 0.25) is 0 Å². The zero-order chi connectivity index (χ0) is 32.8. The van der Waals surface area contributed by atoms with Gasteiger partial charge in [-0.25, -0.2) is 0 Å². The van der Waals surface area contributed by atoms with Crippen LogP contribution in [0.2, 0.25) is 0 Å². The highest BCUT2D eigenvalue weighted by Crippen LogP contribution is 2.39. The number of ketones is 2. The van der Waals surface area contributed by atoms with Crippen molar-refractivity contribution in [3.05, 3.63) is 112 Å². The summed E-state index contributed by atoms with van der Waals surface area (Å²) in [6, 6.07) is 10.4. The summed E-state index contributed by atoms with van der Waals surface area (Å²) in [6.07, 6.45) is 30.2. The lowest BCUT2D eigenvalue weighted by Gasteiger charge is -2.25. The number of fused-ring (bicyclic) bond motifs is 1. The van der Waals surface area contributed by atoms with Crippen LogP contribution in [0.4, 0.5) is 17.1 Å². The molecule has 0 amide bonds. The van der Waals surface area contributed by atoms with E-state index in [0.29, 0.717) is 52.5 Å². The summed E-state index contributed by atoms with van der Waals surface area (Å²) in [5.41, 5.74) is 8.19. The molecule has 0 unspecified atom stereocenters. The van der Waals surface area contributed by atoms with Crippen LogP contribution in [0, 0.1) is 18.8 Å². The fraction of sp³-hybridized carbons (Fsp3) is 0.366. The van der Waals surface area contributed by atoms with E-state index in [0.717, 1.165) is 50.6 Å². The van der Waals surface area contributed by atoms with Crippen LogP contribution in [0.5, 0.6) is 0 Å². The second kappa shape index (κ2) is 17.8. The molecule has 236 valence electrons. The van der Waals surface area contributed by atoms with Crippen LogP contribution in [-0.2, 0) is 12.8 Å². The molecule has 0 spiro atoms. The van der Waals surface area contributed by atoms with Gasteiger partial charge in [0.1, 0.15) is 0 Å². The zero-order valence-electron chi connectivity index (χ0n) is 27.8. The molecule has 4 rings (SSSR count). The maximum atomic E-state index is 14.1. The van der Waals surface area contributed by atoms with E-state index in [4.69, 9.17) is 0 Å². The third-order valence-electron chi connectivity index (χ3n) is 8.08.